The molecular formula is C22H25N3O5S. The van der Waals surface area contributed by atoms with Crippen LogP contribution in [0.25, 0.3) is 0 Å². The molecule has 3 heterocycles. The topological polar surface area (TPSA) is 99.5 Å². The quantitative estimate of drug-likeness (QED) is 0.330. The third-order valence-corrected chi connectivity index (χ3v) is 6.96. The van der Waals surface area contributed by atoms with Gasteiger partial charge in [0.15, 0.2) is 12.1 Å². The lowest BCUT2D eigenvalue weighted by Gasteiger charge is -2.41. The number of likely N-dealkylation sites (tertiary alicyclic amines) is 1. The van der Waals surface area contributed by atoms with E-state index in [1.54, 1.807) is 0 Å². The Morgan fingerprint density at radius 2 is 1.84 bits per heavy atom. The van der Waals surface area contributed by atoms with Crippen molar-refractivity contribution in [1.82, 2.24) is 9.80 Å². The van der Waals surface area contributed by atoms with E-state index in [2.05, 4.69) is 11.6 Å². The molecule has 3 aliphatic rings. The molecule has 3 saturated heterocycles. The summed E-state index contributed by atoms with van der Waals surface area (Å²) in [5.74, 6) is -1.91. The van der Waals surface area contributed by atoms with Crippen molar-refractivity contribution in [2.75, 3.05) is 13.1 Å². The largest absolute Gasteiger partial charge is 0.479 e. The van der Waals surface area contributed by atoms with Crippen LogP contribution in [0, 0.1) is 0 Å². The first-order valence-electron chi connectivity index (χ1n) is 10.4. The van der Waals surface area contributed by atoms with Crippen LogP contribution in [0.2, 0.25) is 0 Å². The second-order valence-corrected chi connectivity index (χ2v) is 9.06. The van der Waals surface area contributed by atoms with E-state index < -0.39 is 35.3 Å². The predicted octanol–water partition coefficient (Wildman–Crippen LogP) is 2.25. The fourth-order valence-corrected chi connectivity index (χ4v) is 5.38. The van der Waals surface area contributed by atoms with Crippen molar-refractivity contribution in [3.8, 4) is 0 Å². The second kappa shape index (κ2) is 9.13. The van der Waals surface area contributed by atoms with Crippen molar-refractivity contribution in [3.63, 3.8) is 0 Å². The number of hydrogen-bond donors (Lipinski definition) is 1. The molecule has 0 unspecified atom stereocenters. The molecular weight excluding hydrogens is 418 g/mol. The highest BCUT2D eigenvalue weighted by Crippen LogP contribution is 2.47. The molecule has 3 aliphatic heterocycles. The Bertz CT molecular complexity index is 911. The van der Waals surface area contributed by atoms with E-state index in [9.17, 15) is 19.5 Å². The standard InChI is InChI=1S/C22H25N3O5S/c1-14-17(21(27)28)25-19(26)16(20(25)31-14)23-18(24-11-7-2-3-8-12-24)22(29)30-13-15-9-5-4-6-10-15/h4-6,9-10,16-17,20H,1-3,7-8,11-13H2,(H,27,28)/t16-,17-,20-/m1/s1. The SMILES string of the molecule is C=C1S[C@@H]2[C@H](N=C(C(=O)OCc3ccccc3)N3CCCCCC3)C(=O)N2[C@H]1C(=O)O. The van der Waals surface area contributed by atoms with Gasteiger partial charge >= 0.3 is 11.9 Å². The minimum Gasteiger partial charge on any atom is -0.479 e. The van der Waals surface area contributed by atoms with Crippen LogP contribution in [0.1, 0.15) is 31.2 Å². The van der Waals surface area contributed by atoms with Crippen molar-refractivity contribution in [1.29, 1.82) is 0 Å². The number of carboxylic acids is 1. The van der Waals surface area contributed by atoms with Crippen molar-refractivity contribution < 1.29 is 24.2 Å². The van der Waals surface area contributed by atoms with Gasteiger partial charge < -0.3 is 19.6 Å². The number of aliphatic imine (C=N–C) groups is 1. The van der Waals surface area contributed by atoms with Crippen LogP contribution < -0.4 is 0 Å². The predicted molar refractivity (Wildman–Crippen MR) is 116 cm³/mol. The summed E-state index contributed by atoms with van der Waals surface area (Å²) in [5, 5.41) is 8.95. The number of hydrogen-bond acceptors (Lipinski definition) is 6. The molecule has 3 atom stereocenters. The lowest BCUT2D eigenvalue weighted by atomic mass is 10.0. The number of rotatable bonds is 4. The number of amides is 1. The smallest absolute Gasteiger partial charge is 0.374 e. The first kappa shape index (κ1) is 21.4. The third kappa shape index (κ3) is 4.32. The molecule has 31 heavy (non-hydrogen) atoms. The van der Waals surface area contributed by atoms with E-state index in [4.69, 9.17) is 4.74 Å². The van der Waals surface area contributed by atoms with Crippen LogP contribution in [-0.4, -0.2) is 69.1 Å². The monoisotopic (exact) mass is 443 g/mol. The Balaban J connectivity index is 1.55. The van der Waals surface area contributed by atoms with Gasteiger partial charge in [0, 0.05) is 18.0 Å². The van der Waals surface area contributed by atoms with Crippen molar-refractivity contribution in [2.24, 2.45) is 4.99 Å². The van der Waals surface area contributed by atoms with Gasteiger partial charge in [-0.15, -0.1) is 11.8 Å². The minimum atomic E-state index is -1.11. The number of benzene rings is 1. The lowest BCUT2D eigenvalue weighted by Crippen LogP contribution is -2.64. The number of carbonyl (C=O) groups excluding carboxylic acids is 2. The van der Waals surface area contributed by atoms with Gasteiger partial charge in [-0.05, 0) is 18.4 Å². The van der Waals surface area contributed by atoms with Gasteiger partial charge in [0.1, 0.15) is 12.0 Å². The summed E-state index contributed by atoms with van der Waals surface area (Å²) in [6.07, 6.45) is 4.03. The van der Waals surface area contributed by atoms with Crippen LogP contribution in [0.15, 0.2) is 46.8 Å². The van der Waals surface area contributed by atoms with Crippen LogP contribution in [0.3, 0.4) is 0 Å². The number of aliphatic carboxylic acids is 1. The van der Waals surface area contributed by atoms with Crippen molar-refractivity contribution in [3.05, 3.63) is 47.4 Å². The molecule has 0 aliphatic carbocycles. The fourth-order valence-electron chi connectivity index (χ4n) is 4.08. The molecule has 0 saturated carbocycles. The maximum absolute atomic E-state index is 13.0. The molecule has 4 rings (SSSR count). The maximum atomic E-state index is 13.0. The van der Waals surface area contributed by atoms with Crippen LogP contribution in [0.4, 0.5) is 0 Å². The lowest BCUT2D eigenvalue weighted by molar-refractivity contribution is -0.156. The van der Waals surface area contributed by atoms with Gasteiger partial charge in [0.25, 0.3) is 5.91 Å². The summed E-state index contributed by atoms with van der Waals surface area (Å²) in [6.45, 7) is 5.25. The summed E-state index contributed by atoms with van der Waals surface area (Å²) in [5.41, 5.74) is 0.865. The minimum absolute atomic E-state index is 0.118. The molecule has 8 nitrogen and oxygen atoms in total. The average molecular weight is 444 g/mol. The molecule has 1 aromatic rings. The Hall–Kier alpha value is -2.81. The number of esters is 1. The van der Waals surface area contributed by atoms with Gasteiger partial charge in [0.2, 0.25) is 5.84 Å². The molecule has 9 heteroatoms. The summed E-state index contributed by atoms with van der Waals surface area (Å²) >= 11 is 1.23. The summed E-state index contributed by atoms with van der Waals surface area (Å²) in [7, 11) is 0. The van der Waals surface area contributed by atoms with Crippen LogP contribution in [0.5, 0.6) is 0 Å². The first-order valence-corrected chi connectivity index (χ1v) is 11.3. The highest BCUT2D eigenvalue weighted by atomic mass is 32.2. The van der Waals surface area contributed by atoms with E-state index in [0.717, 1.165) is 31.2 Å². The second-order valence-electron chi connectivity index (χ2n) is 7.82. The Labute approximate surface area is 184 Å². The Morgan fingerprint density at radius 1 is 1.16 bits per heavy atom. The van der Waals surface area contributed by atoms with E-state index in [0.29, 0.717) is 18.0 Å². The van der Waals surface area contributed by atoms with Gasteiger partial charge in [-0.2, -0.15) is 0 Å². The Morgan fingerprint density at radius 3 is 2.48 bits per heavy atom. The molecule has 1 amide bonds. The van der Waals surface area contributed by atoms with E-state index in [-0.39, 0.29) is 12.4 Å². The summed E-state index contributed by atoms with van der Waals surface area (Å²) < 4.78 is 5.53. The fraction of sp³-hybridized carbons (Fsp3) is 0.455. The number of carbonyl (C=O) groups is 3. The van der Waals surface area contributed by atoms with Gasteiger partial charge in [0.05, 0.1) is 0 Å². The van der Waals surface area contributed by atoms with Gasteiger partial charge in [-0.1, -0.05) is 49.8 Å². The number of nitrogens with zero attached hydrogens (tertiary/aromatic N) is 3. The zero-order chi connectivity index (χ0) is 22.0. The third-order valence-electron chi connectivity index (χ3n) is 5.70. The number of amidine groups is 1. The molecule has 0 bridgehead atoms. The van der Waals surface area contributed by atoms with Crippen LogP contribution in [-0.2, 0) is 25.7 Å². The zero-order valence-electron chi connectivity index (χ0n) is 17.1. The molecule has 0 radical (unpaired) electrons. The van der Waals surface area contributed by atoms with Gasteiger partial charge in [-0.3, -0.25) is 4.79 Å². The van der Waals surface area contributed by atoms with Crippen molar-refractivity contribution in [2.45, 2.75) is 49.7 Å². The number of carboxylic acid groups (broad SMARTS) is 1. The average Bonchev–Trinajstić information content (AvgIpc) is 2.90. The number of fused-ring (bicyclic) bond motifs is 1. The normalized spacial score (nSPS) is 26.2. The van der Waals surface area contributed by atoms with Crippen LogP contribution >= 0.6 is 11.8 Å². The van der Waals surface area contributed by atoms with Crippen molar-refractivity contribution >= 4 is 35.4 Å². The van der Waals surface area contributed by atoms with E-state index in [1.165, 1.54) is 16.7 Å². The molecule has 1 aromatic carbocycles. The van der Waals surface area contributed by atoms with E-state index >= 15 is 0 Å². The summed E-state index contributed by atoms with van der Waals surface area (Å²) in [4.78, 5) is 45.4. The highest BCUT2D eigenvalue weighted by Gasteiger charge is 2.59. The maximum Gasteiger partial charge on any atom is 0.374 e. The molecule has 0 aromatic heterocycles. The summed E-state index contributed by atoms with van der Waals surface area (Å²) in [6, 6.07) is 7.52. The zero-order valence-corrected chi connectivity index (χ0v) is 17.9. The first-order chi connectivity index (χ1) is 15.0. The molecule has 0 spiro atoms. The number of ether oxygens (including phenoxy) is 1. The number of β-lactam (4-membered cyclic amide) rings is 1. The van der Waals surface area contributed by atoms with Gasteiger partial charge in [-0.25, -0.2) is 14.6 Å². The highest BCUT2D eigenvalue weighted by molar-refractivity contribution is 8.04. The number of thioether (sulfide) groups is 1. The Kier molecular flexibility index (Phi) is 6.31. The molecule has 3 fully saturated rings. The van der Waals surface area contributed by atoms with E-state index in [1.807, 2.05) is 35.2 Å². The molecule has 1 N–H and O–H groups in total. The molecule has 164 valence electrons.